The molecule has 168 valence electrons. The van der Waals surface area contributed by atoms with Crippen LogP contribution in [0.2, 0.25) is 0 Å². The molecular weight excluding hydrogens is 428 g/mol. The number of sulfonamides is 1. The van der Waals surface area contributed by atoms with E-state index in [1.165, 1.54) is 31.4 Å². The summed E-state index contributed by atoms with van der Waals surface area (Å²) in [5.74, 6) is 0.668. The Hall–Kier alpha value is -3.52. The van der Waals surface area contributed by atoms with Crippen LogP contribution in [0.4, 0.5) is 11.4 Å². The van der Waals surface area contributed by atoms with Crippen molar-refractivity contribution in [2.45, 2.75) is 31.3 Å². The number of benzene rings is 3. The maximum Gasteiger partial charge on any atom is 0.265 e. The molecule has 0 saturated carbocycles. The Kier molecular flexibility index (Phi) is 7.37. The van der Waals surface area contributed by atoms with Crippen molar-refractivity contribution in [2.24, 2.45) is 0 Å². The van der Waals surface area contributed by atoms with Crippen LogP contribution >= 0.6 is 0 Å². The second kappa shape index (κ2) is 10.2. The van der Waals surface area contributed by atoms with Gasteiger partial charge in [-0.2, -0.15) is 0 Å². The van der Waals surface area contributed by atoms with Crippen molar-refractivity contribution in [1.82, 2.24) is 0 Å². The predicted molar refractivity (Wildman–Crippen MR) is 125 cm³/mol. The van der Waals surface area contributed by atoms with E-state index < -0.39 is 16.1 Å². The first-order chi connectivity index (χ1) is 15.3. The van der Waals surface area contributed by atoms with E-state index in [0.29, 0.717) is 29.3 Å². The maximum absolute atomic E-state index is 12.7. The van der Waals surface area contributed by atoms with E-state index in [2.05, 4.69) is 10.0 Å². The third-order valence-electron chi connectivity index (χ3n) is 4.74. The standard InChI is InChI=1S/C24H26N2O5S/c1-4-21(31-23-8-6-5-7-22(23)30-3)24(27)25-18-13-15-20(16-14-18)32(28,29)26-19-11-9-17(2)10-12-19/h5-16,21,26H,4H2,1-3H3,(H,25,27)/t21-/m0/s1. The van der Waals surface area contributed by atoms with Crippen LogP contribution in [0.3, 0.4) is 0 Å². The van der Waals surface area contributed by atoms with E-state index in [1.807, 2.05) is 32.0 Å². The zero-order valence-electron chi connectivity index (χ0n) is 18.2. The number of methoxy groups -OCH3 is 1. The molecule has 1 atom stereocenters. The molecule has 7 nitrogen and oxygen atoms in total. The highest BCUT2D eigenvalue weighted by molar-refractivity contribution is 7.92. The molecule has 0 bridgehead atoms. The summed E-state index contributed by atoms with van der Waals surface area (Å²) in [5, 5.41) is 2.77. The fourth-order valence-corrected chi connectivity index (χ4v) is 4.03. The first-order valence-electron chi connectivity index (χ1n) is 10.1. The highest BCUT2D eigenvalue weighted by Crippen LogP contribution is 2.27. The van der Waals surface area contributed by atoms with E-state index in [0.717, 1.165) is 5.56 Å². The third-order valence-corrected chi connectivity index (χ3v) is 6.13. The van der Waals surface area contributed by atoms with Crippen molar-refractivity contribution >= 4 is 27.3 Å². The maximum atomic E-state index is 12.7. The number of anilines is 2. The van der Waals surface area contributed by atoms with Crippen molar-refractivity contribution in [3.8, 4) is 11.5 Å². The summed E-state index contributed by atoms with van der Waals surface area (Å²) in [6.07, 6.45) is -0.297. The van der Waals surface area contributed by atoms with E-state index >= 15 is 0 Å². The van der Waals surface area contributed by atoms with Crippen molar-refractivity contribution in [3.05, 3.63) is 78.4 Å². The first kappa shape index (κ1) is 23.1. The summed E-state index contributed by atoms with van der Waals surface area (Å²) in [6, 6.07) is 20.1. The fraction of sp³-hybridized carbons (Fsp3) is 0.208. The van der Waals surface area contributed by atoms with Crippen molar-refractivity contribution in [3.63, 3.8) is 0 Å². The predicted octanol–water partition coefficient (Wildman–Crippen LogP) is 4.60. The molecule has 0 spiro atoms. The van der Waals surface area contributed by atoms with Gasteiger partial charge in [0.25, 0.3) is 15.9 Å². The van der Waals surface area contributed by atoms with E-state index in [-0.39, 0.29) is 10.8 Å². The Morgan fingerprint density at radius 3 is 2.09 bits per heavy atom. The van der Waals surface area contributed by atoms with Crippen LogP contribution in [0.25, 0.3) is 0 Å². The van der Waals surface area contributed by atoms with E-state index in [9.17, 15) is 13.2 Å². The van der Waals surface area contributed by atoms with Crippen LogP contribution in [0.5, 0.6) is 11.5 Å². The smallest absolute Gasteiger partial charge is 0.265 e. The van der Waals surface area contributed by atoms with Crippen molar-refractivity contribution in [2.75, 3.05) is 17.1 Å². The lowest BCUT2D eigenvalue weighted by atomic mass is 10.2. The highest BCUT2D eigenvalue weighted by atomic mass is 32.2. The van der Waals surface area contributed by atoms with Crippen LogP contribution in [0.1, 0.15) is 18.9 Å². The Labute approximate surface area is 188 Å². The lowest BCUT2D eigenvalue weighted by molar-refractivity contribution is -0.122. The molecule has 32 heavy (non-hydrogen) atoms. The molecule has 0 aromatic heterocycles. The fourth-order valence-electron chi connectivity index (χ4n) is 2.97. The molecule has 0 aliphatic carbocycles. The number of carbonyl (C=O) groups excluding carboxylic acids is 1. The molecule has 8 heteroatoms. The van der Waals surface area contributed by atoms with Gasteiger partial charge >= 0.3 is 0 Å². The van der Waals surface area contributed by atoms with Gasteiger partial charge in [-0.1, -0.05) is 36.8 Å². The van der Waals surface area contributed by atoms with Gasteiger partial charge in [-0.25, -0.2) is 8.42 Å². The van der Waals surface area contributed by atoms with Gasteiger partial charge in [0, 0.05) is 11.4 Å². The molecule has 0 unspecified atom stereocenters. The van der Waals surface area contributed by atoms with Gasteiger partial charge in [0.15, 0.2) is 17.6 Å². The van der Waals surface area contributed by atoms with Crippen LogP contribution < -0.4 is 19.5 Å². The third kappa shape index (κ3) is 5.79. The minimum absolute atomic E-state index is 0.0911. The van der Waals surface area contributed by atoms with Crippen LogP contribution in [-0.4, -0.2) is 27.5 Å². The number of nitrogens with one attached hydrogen (secondary N) is 2. The number of hydrogen-bond acceptors (Lipinski definition) is 5. The second-order valence-electron chi connectivity index (χ2n) is 7.15. The number of aryl methyl sites for hydroxylation is 1. The number of carbonyl (C=O) groups is 1. The SMILES string of the molecule is CC[C@H](Oc1ccccc1OC)C(=O)Nc1ccc(S(=O)(=O)Nc2ccc(C)cc2)cc1. The summed E-state index contributed by atoms with van der Waals surface area (Å²) in [7, 11) is -2.21. The molecule has 3 aromatic rings. The summed E-state index contributed by atoms with van der Waals surface area (Å²) in [4.78, 5) is 12.8. The Morgan fingerprint density at radius 2 is 1.50 bits per heavy atom. The second-order valence-corrected chi connectivity index (χ2v) is 8.83. The molecule has 0 aliphatic heterocycles. The summed E-state index contributed by atoms with van der Waals surface area (Å²) in [6.45, 7) is 3.77. The zero-order chi connectivity index (χ0) is 23.1. The summed E-state index contributed by atoms with van der Waals surface area (Å²) >= 11 is 0. The molecule has 3 rings (SSSR count). The molecule has 0 saturated heterocycles. The van der Waals surface area contributed by atoms with Crippen molar-refractivity contribution in [1.29, 1.82) is 0 Å². The highest BCUT2D eigenvalue weighted by Gasteiger charge is 2.21. The Bertz CT molecular complexity index is 1160. The van der Waals surface area contributed by atoms with Gasteiger partial charge < -0.3 is 14.8 Å². The van der Waals surface area contributed by atoms with Crippen LogP contribution in [-0.2, 0) is 14.8 Å². The van der Waals surface area contributed by atoms with Gasteiger partial charge in [0.05, 0.1) is 12.0 Å². The monoisotopic (exact) mass is 454 g/mol. The van der Waals surface area contributed by atoms with Gasteiger partial charge in [-0.15, -0.1) is 0 Å². The number of amides is 1. The normalized spacial score (nSPS) is 12.0. The largest absolute Gasteiger partial charge is 0.493 e. The Morgan fingerprint density at radius 1 is 0.906 bits per heavy atom. The number of hydrogen-bond donors (Lipinski definition) is 2. The van der Waals surface area contributed by atoms with Crippen LogP contribution in [0, 0.1) is 6.92 Å². The number of para-hydroxylation sites is 2. The van der Waals surface area contributed by atoms with Gasteiger partial charge in [-0.3, -0.25) is 9.52 Å². The lowest BCUT2D eigenvalue weighted by Crippen LogP contribution is -2.32. The quantitative estimate of drug-likeness (QED) is 0.493. The van der Waals surface area contributed by atoms with Crippen molar-refractivity contribution < 1.29 is 22.7 Å². The topological polar surface area (TPSA) is 93.7 Å². The average molecular weight is 455 g/mol. The van der Waals surface area contributed by atoms with E-state index in [1.54, 1.807) is 30.3 Å². The molecule has 0 heterocycles. The molecular formula is C24H26N2O5S. The van der Waals surface area contributed by atoms with Crippen LogP contribution in [0.15, 0.2) is 77.7 Å². The zero-order valence-corrected chi connectivity index (χ0v) is 19.0. The molecule has 2 N–H and O–H groups in total. The van der Waals surface area contributed by atoms with Gasteiger partial charge in [-0.05, 0) is 61.9 Å². The minimum atomic E-state index is -3.74. The number of rotatable bonds is 9. The summed E-state index contributed by atoms with van der Waals surface area (Å²) < 4.78 is 38.8. The molecule has 1 amide bonds. The van der Waals surface area contributed by atoms with Gasteiger partial charge in [0.2, 0.25) is 0 Å². The molecule has 0 aliphatic rings. The molecule has 0 radical (unpaired) electrons. The molecule has 3 aromatic carbocycles. The molecule has 0 fully saturated rings. The average Bonchev–Trinajstić information content (AvgIpc) is 2.79. The summed E-state index contributed by atoms with van der Waals surface area (Å²) in [5.41, 5.74) is 1.98. The number of ether oxygens (including phenoxy) is 2. The minimum Gasteiger partial charge on any atom is -0.493 e. The lowest BCUT2D eigenvalue weighted by Gasteiger charge is -2.19. The first-order valence-corrected chi connectivity index (χ1v) is 11.6. The Balaban J connectivity index is 1.67. The van der Waals surface area contributed by atoms with E-state index in [4.69, 9.17) is 9.47 Å². The van der Waals surface area contributed by atoms with Gasteiger partial charge in [0.1, 0.15) is 0 Å².